The molecule has 9 heteroatoms. The van der Waals surface area contributed by atoms with Crippen LogP contribution in [0.1, 0.15) is 26.7 Å². The lowest BCUT2D eigenvalue weighted by Gasteiger charge is -2.34. The Labute approximate surface area is 118 Å². The highest BCUT2D eigenvalue weighted by Crippen LogP contribution is 2.55. The number of alkyl halides is 6. The molecule has 1 aliphatic rings. The number of amides is 1. The van der Waals surface area contributed by atoms with Crippen molar-refractivity contribution in [3.05, 3.63) is 0 Å². The van der Waals surface area contributed by atoms with E-state index in [1.807, 2.05) is 0 Å². The van der Waals surface area contributed by atoms with Gasteiger partial charge in [-0.1, -0.05) is 6.92 Å². The van der Waals surface area contributed by atoms with E-state index >= 15 is 0 Å². The summed E-state index contributed by atoms with van der Waals surface area (Å²) < 4.78 is 77.4. The molecule has 0 radical (unpaired) electrons. The molecule has 1 aliphatic heterocycles. The van der Waals surface area contributed by atoms with Gasteiger partial charge in [-0.05, 0) is 19.8 Å². The number of carbonyl (C=O) groups excluding carboxylic acids is 1. The van der Waals surface area contributed by atoms with Crippen LogP contribution in [0, 0.1) is 5.41 Å². The Bertz CT molecular complexity index is 365. The first kappa shape index (κ1) is 18.1. The zero-order valence-electron chi connectivity index (χ0n) is 11.7. The van der Waals surface area contributed by atoms with Crippen LogP contribution in [-0.2, 0) is 4.79 Å². The average Bonchev–Trinajstić information content (AvgIpc) is 2.80. The number of hydrogen-bond acceptors (Lipinski definition) is 2. The molecule has 0 aliphatic carbocycles. The van der Waals surface area contributed by atoms with E-state index in [0.29, 0.717) is 13.0 Å². The molecule has 1 amide bonds. The van der Waals surface area contributed by atoms with Crippen molar-refractivity contribution in [2.45, 2.75) is 45.1 Å². The van der Waals surface area contributed by atoms with Crippen LogP contribution in [0.2, 0.25) is 0 Å². The molecule has 0 saturated carbocycles. The molecule has 1 N–H and O–H groups in total. The Morgan fingerprint density at radius 3 is 2.14 bits per heavy atom. The van der Waals surface area contributed by atoms with Gasteiger partial charge in [-0.2, -0.15) is 26.3 Å². The largest absolute Gasteiger partial charge is 0.404 e. The summed E-state index contributed by atoms with van der Waals surface area (Å²) in [6.07, 6.45) is -11.2. The summed E-state index contributed by atoms with van der Waals surface area (Å²) in [7, 11) is 0. The molecule has 0 aromatic rings. The van der Waals surface area contributed by atoms with E-state index in [4.69, 9.17) is 0 Å². The molecule has 1 rings (SSSR count). The quantitative estimate of drug-likeness (QED) is 0.808. The van der Waals surface area contributed by atoms with Gasteiger partial charge in [0.25, 0.3) is 0 Å². The molecule has 0 bridgehead atoms. The molecule has 124 valence electrons. The monoisotopic (exact) mass is 320 g/mol. The van der Waals surface area contributed by atoms with Crippen molar-refractivity contribution >= 4 is 5.91 Å². The molecule has 21 heavy (non-hydrogen) atoms. The van der Waals surface area contributed by atoms with Crippen LogP contribution in [0.15, 0.2) is 0 Å². The minimum absolute atomic E-state index is 0.334. The molecule has 1 heterocycles. The fraction of sp³-hybridized carbons (Fsp3) is 0.917. The number of rotatable bonds is 4. The molecule has 1 atom stereocenters. The summed E-state index contributed by atoms with van der Waals surface area (Å²) >= 11 is 0. The van der Waals surface area contributed by atoms with Crippen molar-refractivity contribution in [2.75, 3.05) is 19.6 Å². The summed E-state index contributed by atoms with van der Waals surface area (Å²) in [6, 6.07) is -1.02. The predicted octanol–water partition coefficient (Wildman–Crippen LogP) is 2.72. The fourth-order valence-electron chi connectivity index (χ4n) is 2.36. The first-order valence-electron chi connectivity index (χ1n) is 6.61. The van der Waals surface area contributed by atoms with Gasteiger partial charge in [-0.25, -0.2) is 0 Å². The fourth-order valence-corrected chi connectivity index (χ4v) is 2.36. The first-order chi connectivity index (χ1) is 9.46. The number of nitrogens with one attached hydrogen (secondary N) is 1. The van der Waals surface area contributed by atoms with Crippen LogP contribution < -0.4 is 5.32 Å². The van der Waals surface area contributed by atoms with Gasteiger partial charge in [0, 0.05) is 19.6 Å². The highest BCUT2D eigenvalue weighted by atomic mass is 19.4. The molecule has 1 saturated heterocycles. The maximum Gasteiger partial charge on any atom is 0.404 e. The summed E-state index contributed by atoms with van der Waals surface area (Å²) in [4.78, 5) is 12.6. The van der Waals surface area contributed by atoms with Crippen molar-refractivity contribution in [3.8, 4) is 0 Å². The van der Waals surface area contributed by atoms with Crippen molar-refractivity contribution in [1.29, 1.82) is 0 Å². The van der Waals surface area contributed by atoms with Crippen LogP contribution in [0.25, 0.3) is 0 Å². The highest BCUT2D eigenvalue weighted by molar-refractivity contribution is 5.81. The van der Waals surface area contributed by atoms with Crippen molar-refractivity contribution in [1.82, 2.24) is 10.2 Å². The summed E-state index contributed by atoms with van der Waals surface area (Å²) in [6.45, 7) is 1.79. The average molecular weight is 320 g/mol. The lowest BCUT2D eigenvalue weighted by atomic mass is 9.85. The van der Waals surface area contributed by atoms with E-state index in [1.54, 1.807) is 6.92 Å². The van der Waals surface area contributed by atoms with Crippen molar-refractivity contribution < 1.29 is 31.1 Å². The number of carbonyl (C=O) groups is 1. The predicted molar refractivity (Wildman–Crippen MR) is 63.5 cm³/mol. The number of halogens is 6. The van der Waals surface area contributed by atoms with Crippen molar-refractivity contribution in [2.24, 2.45) is 5.41 Å². The number of hydrogen-bond donors (Lipinski definition) is 1. The maximum atomic E-state index is 12.9. The van der Waals surface area contributed by atoms with Crippen LogP contribution in [-0.4, -0.2) is 48.8 Å². The second-order valence-corrected chi connectivity index (χ2v) is 5.27. The Morgan fingerprint density at radius 2 is 1.76 bits per heavy atom. The Morgan fingerprint density at radius 1 is 1.24 bits per heavy atom. The third-order valence-electron chi connectivity index (χ3n) is 3.86. The summed E-state index contributed by atoms with van der Waals surface area (Å²) in [5, 5.41) is 2.47. The first-order valence-corrected chi connectivity index (χ1v) is 6.61. The summed E-state index contributed by atoms with van der Waals surface area (Å²) in [5.74, 6) is -0.558. The zero-order valence-corrected chi connectivity index (χ0v) is 11.7. The van der Waals surface area contributed by atoms with Crippen LogP contribution in [0.3, 0.4) is 0 Å². The number of likely N-dealkylation sites (tertiary alicyclic amines) is 1. The highest BCUT2D eigenvalue weighted by Gasteiger charge is 2.72. The van der Waals surface area contributed by atoms with Gasteiger partial charge >= 0.3 is 12.4 Å². The molecular formula is C12H18F6N2O. The third-order valence-corrected chi connectivity index (χ3v) is 3.86. The van der Waals surface area contributed by atoms with E-state index < -0.39 is 49.2 Å². The normalized spacial score (nSPS) is 21.3. The molecule has 3 nitrogen and oxygen atoms in total. The van der Waals surface area contributed by atoms with Gasteiger partial charge in [0.15, 0.2) is 5.41 Å². The smallest absolute Gasteiger partial charge is 0.355 e. The van der Waals surface area contributed by atoms with Gasteiger partial charge in [-0.15, -0.1) is 0 Å². The standard InChI is InChI=1S/C12H18F6N2O/c1-3-5-19-9(21)8(2)20-6-4-10(7-20,11(13,14)15)12(16,17)18/h8H,3-7H2,1-2H3,(H,19,21). The van der Waals surface area contributed by atoms with E-state index in [2.05, 4.69) is 5.32 Å². The zero-order chi connectivity index (χ0) is 16.5. The van der Waals surface area contributed by atoms with E-state index in [0.717, 1.165) is 4.90 Å². The molecule has 0 aromatic carbocycles. The Balaban J connectivity index is 2.87. The van der Waals surface area contributed by atoms with E-state index in [-0.39, 0.29) is 0 Å². The second-order valence-electron chi connectivity index (χ2n) is 5.27. The Kier molecular flexibility index (Phi) is 5.18. The molecule has 0 aromatic heterocycles. The second kappa shape index (κ2) is 6.02. The van der Waals surface area contributed by atoms with Gasteiger partial charge in [0.2, 0.25) is 5.91 Å². The molecule has 1 unspecified atom stereocenters. The van der Waals surface area contributed by atoms with Crippen LogP contribution in [0.4, 0.5) is 26.3 Å². The maximum absolute atomic E-state index is 12.9. The topological polar surface area (TPSA) is 32.3 Å². The molecule has 0 spiro atoms. The van der Waals surface area contributed by atoms with Gasteiger partial charge < -0.3 is 5.32 Å². The van der Waals surface area contributed by atoms with Crippen LogP contribution in [0.5, 0.6) is 0 Å². The number of nitrogens with zero attached hydrogens (tertiary/aromatic N) is 1. The van der Waals surface area contributed by atoms with Crippen LogP contribution >= 0.6 is 0 Å². The minimum atomic E-state index is -5.39. The van der Waals surface area contributed by atoms with E-state index in [9.17, 15) is 31.1 Å². The minimum Gasteiger partial charge on any atom is -0.355 e. The van der Waals surface area contributed by atoms with Gasteiger partial charge in [0.05, 0.1) is 6.04 Å². The van der Waals surface area contributed by atoms with Gasteiger partial charge in [-0.3, -0.25) is 9.69 Å². The summed E-state index contributed by atoms with van der Waals surface area (Å²) in [5.41, 5.74) is -3.75. The lowest BCUT2D eigenvalue weighted by Crippen LogP contribution is -2.53. The van der Waals surface area contributed by atoms with Gasteiger partial charge in [0.1, 0.15) is 0 Å². The Hall–Kier alpha value is -0.990. The SMILES string of the molecule is CCCNC(=O)C(C)N1CCC(C(F)(F)F)(C(F)(F)F)C1. The van der Waals surface area contributed by atoms with E-state index in [1.165, 1.54) is 6.92 Å². The molecular weight excluding hydrogens is 302 g/mol. The third kappa shape index (κ3) is 3.44. The molecule has 1 fully saturated rings. The van der Waals surface area contributed by atoms with Crippen molar-refractivity contribution in [3.63, 3.8) is 0 Å². The lowest BCUT2D eigenvalue weighted by molar-refractivity contribution is -0.335.